The highest BCUT2D eigenvalue weighted by atomic mass is 32.2. The van der Waals surface area contributed by atoms with Gasteiger partial charge in [0.15, 0.2) is 0 Å². The number of nitrogens with zero attached hydrogens (tertiary/aromatic N) is 3. The average Bonchev–Trinajstić information content (AvgIpc) is 2.91. The van der Waals surface area contributed by atoms with Gasteiger partial charge in [-0.1, -0.05) is 0 Å². The van der Waals surface area contributed by atoms with Crippen LogP contribution in [0.1, 0.15) is 31.0 Å². The van der Waals surface area contributed by atoms with E-state index in [0.29, 0.717) is 19.6 Å². The minimum atomic E-state index is -3.22. The van der Waals surface area contributed by atoms with E-state index in [1.807, 2.05) is 6.92 Å². The summed E-state index contributed by atoms with van der Waals surface area (Å²) >= 11 is 0. The Morgan fingerprint density at radius 2 is 2.27 bits per heavy atom. The number of carbonyl (C=O) groups is 1. The van der Waals surface area contributed by atoms with Gasteiger partial charge >= 0.3 is 0 Å². The molecule has 0 saturated carbocycles. The van der Waals surface area contributed by atoms with Gasteiger partial charge in [0.1, 0.15) is 0 Å². The van der Waals surface area contributed by atoms with Crippen LogP contribution in [-0.4, -0.2) is 59.6 Å². The molecular formula is C14H24N4O3S. The van der Waals surface area contributed by atoms with Crippen molar-refractivity contribution >= 4 is 15.9 Å². The zero-order valence-corrected chi connectivity index (χ0v) is 14.2. The van der Waals surface area contributed by atoms with E-state index >= 15 is 0 Å². The summed E-state index contributed by atoms with van der Waals surface area (Å²) in [6.07, 6.45) is 3.19. The fourth-order valence-corrected chi connectivity index (χ4v) is 3.94. The number of piperidine rings is 1. The fourth-order valence-electron chi connectivity index (χ4n) is 2.76. The summed E-state index contributed by atoms with van der Waals surface area (Å²) in [5.41, 5.74) is 1.92. The summed E-state index contributed by atoms with van der Waals surface area (Å²) in [6, 6.07) is 0. The van der Waals surface area contributed by atoms with Crippen molar-refractivity contribution in [1.82, 2.24) is 19.4 Å². The van der Waals surface area contributed by atoms with Gasteiger partial charge in [0.2, 0.25) is 15.9 Å². The van der Waals surface area contributed by atoms with Gasteiger partial charge in [0.05, 0.1) is 17.9 Å². The predicted octanol–water partition coefficient (Wildman–Crippen LogP) is 0.738. The third-order valence-corrected chi connectivity index (χ3v) is 6.06. The molecule has 0 spiro atoms. The maximum atomic E-state index is 12.6. The molecule has 1 aromatic rings. The van der Waals surface area contributed by atoms with Crippen molar-refractivity contribution in [3.8, 4) is 0 Å². The summed E-state index contributed by atoms with van der Waals surface area (Å²) in [6.45, 7) is 4.85. The molecule has 1 aliphatic rings. The van der Waals surface area contributed by atoms with Gasteiger partial charge in [0.25, 0.3) is 0 Å². The topological polar surface area (TPSA) is 86.4 Å². The molecule has 0 aromatic carbocycles. The Hall–Kier alpha value is -1.41. The number of nitrogens with one attached hydrogen (secondary N) is 1. The second kappa shape index (κ2) is 6.78. The van der Waals surface area contributed by atoms with Crippen LogP contribution in [0.5, 0.6) is 0 Å². The van der Waals surface area contributed by atoms with Gasteiger partial charge in [-0.15, -0.1) is 0 Å². The molecule has 22 heavy (non-hydrogen) atoms. The van der Waals surface area contributed by atoms with Gasteiger partial charge in [-0.2, -0.15) is 5.10 Å². The van der Waals surface area contributed by atoms with E-state index in [1.54, 1.807) is 25.1 Å². The van der Waals surface area contributed by atoms with Crippen LogP contribution >= 0.6 is 0 Å². The summed E-state index contributed by atoms with van der Waals surface area (Å²) < 4.78 is 25.4. The molecule has 2 rings (SSSR count). The highest BCUT2D eigenvalue weighted by molar-refractivity contribution is 7.89. The second-order valence-electron chi connectivity index (χ2n) is 5.81. The van der Waals surface area contributed by atoms with Crippen molar-refractivity contribution in [2.75, 3.05) is 25.9 Å². The van der Waals surface area contributed by atoms with Crippen molar-refractivity contribution in [2.45, 2.75) is 33.2 Å². The standard InChI is InChI=1S/C14H24N4O3S/c1-4-22(20,21)18-7-5-6-12(10-18)14(19)17(3)9-13-8-15-16-11(13)2/h8,12H,4-7,9-10H2,1-3H3,(H,15,16)/t12-/m0/s1. The molecule has 0 radical (unpaired) electrons. The molecule has 1 aromatic heterocycles. The van der Waals surface area contributed by atoms with Crippen LogP contribution in [0.2, 0.25) is 0 Å². The van der Waals surface area contributed by atoms with Gasteiger partial charge in [-0.3, -0.25) is 9.89 Å². The smallest absolute Gasteiger partial charge is 0.227 e. The lowest BCUT2D eigenvalue weighted by atomic mass is 9.98. The molecule has 1 aliphatic heterocycles. The molecular weight excluding hydrogens is 304 g/mol. The molecule has 1 N–H and O–H groups in total. The number of aromatic amines is 1. The summed E-state index contributed by atoms with van der Waals surface area (Å²) in [5, 5.41) is 6.80. The quantitative estimate of drug-likeness (QED) is 0.863. The van der Waals surface area contributed by atoms with Crippen LogP contribution in [0.25, 0.3) is 0 Å². The molecule has 1 amide bonds. The first-order valence-electron chi connectivity index (χ1n) is 7.56. The van der Waals surface area contributed by atoms with Crippen molar-refractivity contribution in [3.63, 3.8) is 0 Å². The van der Waals surface area contributed by atoms with Gasteiger partial charge in [-0.05, 0) is 26.7 Å². The first-order valence-corrected chi connectivity index (χ1v) is 9.17. The molecule has 0 unspecified atom stereocenters. The number of hydrogen-bond donors (Lipinski definition) is 1. The SMILES string of the molecule is CCS(=O)(=O)N1CCC[C@H](C(=O)N(C)Cc2cn[nH]c2C)C1. The van der Waals surface area contributed by atoms with Crippen molar-refractivity contribution in [2.24, 2.45) is 5.92 Å². The Kier molecular flexibility index (Phi) is 5.23. The third-order valence-electron chi connectivity index (χ3n) is 4.21. The number of carbonyl (C=O) groups excluding carboxylic acids is 1. The van der Waals surface area contributed by atoms with Crippen LogP contribution < -0.4 is 0 Å². The van der Waals surface area contributed by atoms with E-state index in [-0.39, 0.29) is 17.6 Å². The van der Waals surface area contributed by atoms with E-state index in [4.69, 9.17) is 0 Å². The van der Waals surface area contributed by atoms with E-state index in [1.165, 1.54) is 4.31 Å². The zero-order chi connectivity index (χ0) is 16.3. The molecule has 1 saturated heterocycles. The number of hydrogen-bond acceptors (Lipinski definition) is 4. The fraction of sp³-hybridized carbons (Fsp3) is 0.714. The molecule has 1 atom stereocenters. The number of sulfonamides is 1. The molecule has 7 nitrogen and oxygen atoms in total. The maximum Gasteiger partial charge on any atom is 0.227 e. The molecule has 8 heteroatoms. The van der Waals surface area contributed by atoms with Crippen molar-refractivity contribution in [1.29, 1.82) is 0 Å². The first-order chi connectivity index (χ1) is 10.3. The van der Waals surface area contributed by atoms with E-state index in [9.17, 15) is 13.2 Å². The number of H-pyrrole nitrogens is 1. The van der Waals surface area contributed by atoms with Crippen LogP contribution in [0, 0.1) is 12.8 Å². The minimum Gasteiger partial charge on any atom is -0.341 e. The zero-order valence-electron chi connectivity index (χ0n) is 13.4. The van der Waals surface area contributed by atoms with Gasteiger partial charge in [-0.25, -0.2) is 12.7 Å². The third kappa shape index (κ3) is 3.67. The monoisotopic (exact) mass is 328 g/mol. The van der Waals surface area contributed by atoms with Gasteiger partial charge < -0.3 is 4.90 Å². The van der Waals surface area contributed by atoms with E-state index < -0.39 is 10.0 Å². The molecule has 0 bridgehead atoms. The number of aromatic nitrogens is 2. The largest absolute Gasteiger partial charge is 0.341 e. The number of rotatable bonds is 5. The van der Waals surface area contributed by atoms with E-state index in [2.05, 4.69) is 10.2 Å². The molecule has 124 valence electrons. The molecule has 2 heterocycles. The first kappa shape index (κ1) is 17.0. The van der Waals surface area contributed by atoms with Crippen molar-refractivity contribution < 1.29 is 13.2 Å². The Morgan fingerprint density at radius 3 is 2.86 bits per heavy atom. The van der Waals surface area contributed by atoms with Crippen LogP contribution in [0.15, 0.2) is 6.20 Å². The predicted molar refractivity (Wildman–Crippen MR) is 83.6 cm³/mol. The summed E-state index contributed by atoms with van der Waals surface area (Å²) in [7, 11) is -1.47. The normalized spacial score (nSPS) is 20.0. The van der Waals surface area contributed by atoms with Gasteiger partial charge in [0, 0.05) is 37.9 Å². The Morgan fingerprint density at radius 1 is 1.55 bits per heavy atom. The van der Waals surface area contributed by atoms with Crippen molar-refractivity contribution in [3.05, 3.63) is 17.5 Å². The summed E-state index contributed by atoms with van der Waals surface area (Å²) in [5.74, 6) is -0.179. The highest BCUT2D eigenvalue weighted by Gasteiger charge is 2.32. The Labute approximate surface area is 131 Å². The molecule has 0 aliphatic carbocycles. The summed E-state index contributed by atoms with van der Waals surface area (Å²) in [4.78, 5) is 14.2. The Bertz CT molecular complexity index is 626. The lowest BCUT2D eigenvalue weighted by Crippen LogP contribution is -2.46. The lowest BCUT2D eigenvalue weighted by Gasteiger charge is -2.33. The molecule has 1 fully saturated rings. The number of amides is 1. The second-order valence-corrected chi connectivity index (χ2v) is 8.07. The minimum absolute atomic E-state index is 0.00315. The van der Waals surface area contributed by atoms with Crippen LogP contribution in [0.4, 0.5) is 0 Å². The Balaban J connectivity index is 2.01. The van der Waals surface area contributed by atoms with Crippen LogP contribution in [0.3, 0.4) is 0 Å². The highest BCUT2D eigenvalue weighted by Crippen LogP contribution is 2.22. The maximum absolute atomic E-state index is 12.6. The lowest BCUT2D eigenvalue weighted by molar-refractivity contribution is -0.135. The average molecular weight is 328 g/mol. The van der Waals surface area contributed by atoms with Crippen LogP contribution in [-0.2, 0) is 21.4 Å². The van der Waals surface area contributed by atoms with E-state index in [0.717, 1.165) is 24.1 Å². The number of aryl methyl sites for hydroxylation is 1.